The van der Waals surface area contributed by atoms with Gasteiger partial charge in [0.15, 0.2) is 0 Å². The molecule has 0 aromatic heterocycles. The highest BCUT2D eigenvalue weighted by molar-refractivity contribution is 5.91. The van der Waals surface area contributed by atoms with Crippen LogP contribution in [0, 0.1) is 0 Å². The van der Waals surface area contributed by atoms with Crippen LogP contribution < -0.4 is 5.32 Å². The number of carbonyl (C=O) groups excluding carboxylic acids is 2. The van der Waals surface area contributed by atoms with Crippen molar-refractivity contribution in [2.24, 2.45) is 0 Å². The fourth-order valence-electron chi connectivity index (χ4n) is 2.05. The molecule has 2 fully saturated rings. The number of hydrogen-bond donors (Lipinski definition) is 1. The number of amides is 3. The second kappa shape index (κ2) is 3.64. The predicted molar refractivity (Wildman–Crippen MR) is 60.0 cm³/mol. The first-order valence-corrected chi connectivity index (χ1v) is 5.76. The number of likely N-dealkylation sites (N-methyl/N-ethyl adjacent to an activating group) is 1. The summed E-state index contributed by atoms with van der Waals surface area (Å²) in [5.74, 6) is 0.00435. The lowest BCUT2D eigenvalue weighted by Crippen LogP contribution is -2.65. The molecule has 1 aliphatic carbocycles. The summed E-state index contributed by atoms with van der Waals surface area (Å²) in [5.41, 5.74) is -0.730. The predicted octanol–water partition coefficient (Wildman–Crippen LogP) is 0.411. The van der Waals surface area contributed by atoms with Crippen molar-refractivity contribution in [3.8, 4) is 0 Å². The average molecular weight is 225 g/mol. The molecule has 1 aliphatic heterocycles. The number of piperazine rings is 1. The van der Waals surface area contributed by atoms with Crippen molar-refractivity contribution in [2.45, 2.75) is 38.3 Å². The van der Waals surface area contributed by atoms with E-state index in [9.17, 15) is 9.59 Å². The van der Waals surface area contributed by atoms with Gasteiger partial charge in [-0.2, -0.15) is 0 Å². The molecule has 0 aromatic rings. The highest BCUT2D eigenvalue weighted by atomic mass is 16.2. The molecule has 0 aromatic carbocycles. The van der Waals surface area contributed by atoms with Crippen molar-refractivity contribution >= 4 is 11.9 Å². The van der Waals surface area contributed by atoms with Crippen LogP contribution in [0.15, 0.2) is 0 Å². The van der Waals surface area contributed by atoms with Crippen molar-refractivity contribution in [1.82, 2.24) is 15.1 Å². The van der Waals surface area contributed by atoms with E-state index in [1.807, 2.05) is 0 Å². The topological polar surface area (TPSA) is 52.6 Å². The molecular formula is C11H19N3O2. The summed E-state index contributed by atoms with van der Waals surface area (Å²) < 4.78 is 0. The molecule has 1 saturated heterocycles. The monoisotopic (exact) mass is 225 g/mol. The lowest BCUT2D eigenvalue weighted by atomic mass is 9.98. The average Bonchev–Trinajstić information content (AvgIpc) is 2.98. The van der Waals surface area contributed by atoms with Gasteiger partial charge in [-0.05, 0) is 26.7 Å². The lowest BCUT2D eigenvalue weighted by Gasteiger charge is -2.44. The van der Waals surface area contributed by atoms with Gasteiger partial charge >= 0.3 is 6.03 Å². The summed E-state index contributed by atoms with van der Waals surface area (Å²) in [7, 11) is 1.78. The Labute approximate surface area is 95.8 Å². The first-order valence-electron chi connectivity index (χ1n) is 5.76. The molecule has 1 N–H and O–H groups in total. The van der Waals surface area contributed by atoms with E-state index in [1.54, 1.807) is 30.7 Å². The van der Waals surface area contributed by atoms with Crippen LogP contribution in [0.25, 0.3) is 0 Å². The Bertz CT molecular complexity index is 323. The fourth-order valence-corrected chi connectivity index (χ4v) is 2.05. The van der Waals surface area contributed by atoms with Crippen molar-refractivity contribution in [3.63, 3.8) is 0 Å². The Morgan fingerprint density at radius 1 is 1.38 bits per heavy atom. The molecule has 2 rings (SSSR count). The Morgan fingerprint density at radius 2 is 2.00 bits per heavy atom. The SMILES string of the molecule is CN1CCN(C(=O)NC2CC2)C(C)(C)C1=O. The lowest BCUT2D eigenvalue weighted by molar-refractivity contribution is -0.144. The van der Waals surface area contributed by atoms with Gasteiger partial charge in [-0.1, -0.05) is 0 Å². The van der Waals surface area contributed by atoms with E-state index in [0.29, 0.717) is 19.1 Å². The molecule has 1 saturated carbocycles. The third-order valence-electron chi connectivity index (χ3n) is 3.35. The first-order chi connectivity index (χ1) is 7.43. The first kappa shape index (κ1) is 11.2. The van der Waals surface area contributed by atoms with Gasteiger partial charge in [0, 0.05) is 26.2 Å². The Hall–Kier alpha value is -1.26. The van der Waals surface area contributed by atoms with Crippen molar-refractivity contribution < 1.29 is 9.59 Å². The number of nitrogens with zero attached hydrogens (tertiary/aromatic N) is 2. The highest BCUT2D eigenvalue weighted by Gasteiger charge is 2.43. The Balaban J connectivity index is 2.07. The zero-order chi connectivity index (χ0) is 11.9. The van der Waals surface area contributed by atoms with E-state index >= 15 is 0 Å². The quantitative estimate of drug-likeness (QED) is 0.702. The Morgan fingerprint density at radius 3 is 2.56 bits per heavy atom. The van der Waals surface area contributed by atoms with E-state index < -0.39 is 5.54 Å². The van der Waals surface area contributed by atoms with Crippen LogP contribution in [0.3, 0.4) is 0 Å². The number of carbonyl (C=O) groups is 2. The highest BCUT2D eigenvalue weighted by Crippen LogP contribution is 2.24. The summed E-state index contributed by atoms with van der Waals surface area (Å²) in [6, 6.07) is 0.229. The van der Waals surface area contributed by atoms with Crippen molar-refractivity contribution in [2.75, 3.05) is 20.1 Å². The minimum atomic E-state index is -0.730. The number of hydrogen-bond acceptors (Lipinski definition) is 2. The molecule has 0 radical (unpaired) electrons. The molecule has 2 aliphatic rings. The number of rotatable bonds is 1. The second-order valence-corrected chi connectivity index (χ2v) is 5.16. The molecule has 90 valence electrons. The third kappa shape index (κ3) is 1.86. The second-order valence-electron chi connectivity index (χ2n) is 5.16. The zero-order valence-corrected chi connectivity index (χ0v) is 10.1. The molecule has 0 unspecified atom stereocenters. The van der Waals surface area contributed by atoms with Crippen LogP contribution in [-0.4, -0.2) is 53.5 Å². The zero-order valence-electron chi connectivity index (χ0n) is 10.1. The van der Waals surface area contributed by atoms with Gasteiger partial charge in [0.05, 0.1) is 0 Å². The van der Waals surface area contributed by atoms with Crippen molar-refractivity contribution in [1.29, 1.82) is 0 Å². The minimum Gasteiger partial charge on any atom is -0.342 e. The largest absolute Gasteiger partial charge is 0.342 e. The molecule has 0 spiro atoms. The van der Waals surface area contributed by atoms with Crippen LogP contribution in [-0.2, 0) is 4.79 Å². The third-order valence-corrected chi connectivity index (χ3v) is 3.35. The molecule has 0 atom stereocenters. The summed E-state index contributed by atoms with van der Waals surface area (Å²) in [6.07, 6.45) is 2.13. The number of nitrogens with one attached hydrogen (secondary N) is 1. The number of urea groups is 1. The summed E-state index contributed by atoms with van der Waals surface area (Å²) in [5, 5.41) is 2.93. The smallest absolute Gasteiger partial charge is 0.318 e. The van der Waals surface area contributed by atoms with Crippen LogP contribution in [0.2, 0.25) is 0 Å². The van der Waals surface area contributed by atoms with E-state index in [4.69, 9.17) is 0 Å². The van der Waals surface area contributed by atoms with Crippen molar-refractivity contribution in [3.05, 3.63) is 0 Å². The van der Waals surface area contributed by atoms with E-state index in [0.717, 1.165) is 12.8 Å². The fraction of sp³-hybridized carbons (Fsp3) is 0.818. The van der Waals surface area contributed by atoms with E-state index in [2.05, 4.69) is 5.32 Å². The van der Waals surface area contributed by atoms with Gasteiger partial charge in [-0.3, -0.25) is 4.79 Å². The van der Waals surface area contributed by atoms with Gasteiger partial charge in [0.25, 0.3) is 0 Å². The van der Waals surface area contributed by atoms with Crippen LogP contribution in [0.4, 0.5) is 4.79 Å². The van der Waals surface area contributed by atoms with E-state index in [-0.39, 0.29) is 11.9 Å². The molecule has 16 heavy (non-hydrogen) atoms. The van der Waals surface area contributed by atoms with Crippen LogP contribution in [0.1, 0.15) is 26.7 Å². The summed E-state index contributed by atoms with van der Waals surface area (Å²) in [4.78, 5) is 27.3. The maximum atomic E-state index is 12.0. The summed E-state index contributed by atoms with van der Waals surface area (Å²) >= 11 is 0. The van der Waals surface area contributed by atoms with Gasteiger partial charge in [0.2, 0.25) is 5.91 Å². The van der Waals surface area contributed by atoms with Gasteiger partial charge in [-0.25, -0.2) is 4.79 Å². The maximum Gasteiger partial charge on any atom is 0.318 e. The maximum absolute atomic E-state index is 12.0. The van der Waals surface area contributed by atoms with E-state index in [1.165, 1.54) is 0 Å². The minimum absolute atomic E-state index is 0.00435. The molecular weight excluding hydrogens is 206 g/mol. The van der Waals surface area contributed by atoms with Crippen LogP contribution >= 0.6 is 0 Å². The molecule has 1 heterocycles. The molecule has 5 heteroatoms. The van der Waals surface area contributed by atoms with Crippen LogP contribution in [0.5, 0.6) is 0 Å². The standard InChI is InChI=1S/C11H19N3O2/c1-11(2)9(15)13(3)6-7-14(11)10(16)12-8-4-5-8/h8H,4-7H2,1-3H3,(H,12,16). The molecule has 0 bridgehead atoms. The Kier molecular flexibility index (Phi) is 2.56. The summed E-state index contributed by atoms with van der Waals surface area (Å²) in [6.45, 7) is 4.82. The molecule has 5 nitrogen and oxygen atoms in total. The normalized spacial score (nSPS) is 24.6. The van der Waals surface area contributed by atoms with Gasteiger partial charge in [-0.15, -0.1) is 0 Å². The molecule has 3 amide bonds. The van der Waals surface area contributed by atoms with Gasteiger partial charge in [0.1, 0.15) is 5.54 Å². The van der Waals surface area contributed by atoms with Gasteiger partial charge < -0.3 is 15.1 Å².